The first-order valence-corrected chi connectivity index (χ1v) is 7.17. The number of rotatable bonds is 4. The van der Waals surface area contributed by atoms with Gasteiger partial charge >= 0.3 is 12.0 Å². The van der Waals surface area contributed by atoms with Gasteiger partial charge in [-0.2, -0.15) is 0 Å². The van der Waals surface area contributed by atoms with E-state index < -0.39 is 5.97 Å². The Morgan fingerprint density at radius 1 is 1.33 bits per heavy atom. The van der Waals surface area contributed by atoms with Gasteiger partial charge < -0.3 is 20.2 Å². The number of carbonyl (C=O) groups excluding carboxylic acids is 1. The molecule has 1 aromatic carbocycles. The summed E-state index contributed by atoms with van der Waals surface area (Å²) >= 11 is 2.12. The van der Waals surface area contributed by atoms with Gasteiger partial charge in [0.15, 0.2) is 0 Å². The smallest absolute Gasteiger partial charge is 0.339 e. The summed E-state index contributed by atoms with van der Waals surface area (Å²) in [7, 11) is 0. The highest BCUT2D eigenvalue weighted by Crippen LogP contribution is 2.17. The average Bonchev–Trinajstić information content (AvgIpc) is 2.80. The molecule has 2 rings (SSSR count). The molecule has 1 heterocycles. The average molecular weight is 400 g/mol. The van der Waals surface area contributed by atoms with Crippen LogP contribution in [0.2, 0.25) is 0 Å². The minimum absolute atomic E-state index is 0.102. The first-order chi connectivity index (χ1) is 9.97. The molecule has 3 N–H and O–H groups in total. The molecule has 2 aromatic rings. The molecular weight excluding hydrogens is 387 g/mol. The largest absolute Gasteiger partial charge is 0.478 e. The van der Waals surface area contributed by atoms with E-state index in [1.165, 1.54) is 6.07 Å². The molecule has 0 saturated carbocycles. The summed E-state index contributed by atoms with van der Waals surface area (Å²) in [5, 5.41) is 14.2. The van der Waals surface area contributed by atoms with Crippen LogP contribution in [0.5, 0.6) is 0 Å². The van der Waals surface area contributed by atoms with E-state index in [0.29, 0.717) is 17.2 Å². The maximum absolute atomic E-state index is 11.8. The number of para-hydroxylation sites is 1. The number of halogens is 1. The Kier molecular flexibility index (Phi) is 4.84. The predicted octanol–water partition coefficient (Wildman–Crippen LogP) is 3.21. The van der Waals surface area contributed by atoms with Gasteiger partial charge in [0.1, 0.15) is 17.1 Å². The zero-order chi connectivity index (χ0) is 15.4. The Labute approximate surface area is 134 Å². The lowest BCUT2D eigenvalue weighted by Gasteiger charge is -2.07. The monoisotopic (exact) mass is 400 g/mol. The van der Waals surface area contributed by atoms with E-state index in [2.05, 4.69) is 33.2 Å². The summed E-state index contributed by atoms with van der Waals surface area (Å²) in [5.41, 5.74) is 0.808. The standard InChI is InChI=1S/C14H13IN2O4/c1-8-10(13(18)19)6-9(21-8)7-16-14(20)17-12-5-3-2-4-11(12)15/h2-6H,7H2,1H3,(H,18,19)(H2,16,17,20). The second-order valence-corrected chi connectivity index (χ2v) is 5.44. The Morgan fingerprint density at radius 2 is 2.05 bits per heavy atom. The highest BCUT2D eigenvalue weighted by Gasteiger charge is 2.14. The molecule has 0 fully saturated rings. The summed E-state index contributed by atoms with van der Waals surface area (Å²) in [6.07, 6.45) is 0. The number of amides is 2. The van der Waals surface area contributed by atoms with Gasteiger partial charge in [0.25, 0.3) is 0 Å². The quantitative estimate of drug-likeness (QED) is 0.688. The number of carboxylic acids is 1. The van der Waals surface area contributed by atoms with Gasteiger partial charge in [-0.15, -0.1) is 0 Å². The van der Waals surface area contributed by atoms with Gasteiger partial charge in [0.2, 0.25) is 0 Å². The Hall–Kier alpha value is -2.03. The van der Waals surface area contributed by atoms with Crippen molar-refractivity contribution >= 4 is 40.3 Å². The SMILES string of the molecule is Cc1oc(CNC(=O)Nc2ccccc2I)cc1C(=O)O. The van der Waals surface area contributed by atoms with Crippen molar-refractivity contribution in [3.8, 4) is 0 Å². The topological polar surface area (TPSA) is 91.6 Å². The zero-order valence-corrected chi connectivity index (χ0v) is 13.3. The second kappa shape index (κ2) is 6.61. The number of aromatic carboxylic acids is 1. The van der Waals surface area contributed by atoms with Crippen LogP contribution < -0.4 is 10.6 Å². The lowest BCUT2D eigenvalue weighted by Crippen LogP contribution is -2.28. The van der Waals surface area contributed by atoms with Crippen molar-refractivity contribution in [1.82, 2.24) is 5.32 Å². The van der Waals surface area contributed by atoms with Crippen LogP contribution >= 0.6 is 22.6 Å². The van der Waals surface area contributed by atoms with Gasteiger partial charge in [-0.1, -0.05) is 12.1 Å². The number of furan rings is 1. The van der Waals surface area contributed by atoms with Crippen LogP contribution in [0.1, 0.15) is 21.9 Å². The zero-order valence-electron chi connectivity index (χ0n) is 11.1. The van der Waals surface area contributed by atoms with E-state index in [1.54, 1.807) is 13.0 Å². The molecule has 0 aliphatic heterocycles. The number of carboxylic acid groups (broad SMARTS) is 1. The molecule has 6 nitrogen and oxygen atoms in total. The van der Waals surface area contributed by atoms with Crippen molar-refractivity contribution in [3.05, 3.63) is 51.0 Å². The molecule has 0 unspecified atom stereocenters. The summed E-state index contributed by atoms with van der Waals surface area (Å²) in [5.74, 6) is -0.342. The lowest BCUT2D eigenvalue weighted by molar-refractivity contribution is 0.0695. The van der Waals surface area contributed by atoms with E-state index in [-0.39, 0.29) is 18.1 Å². The number of hydrogen-bond acceptors (Lipinski definition) is 3. The minimum Gasteiger partial charge on any atom is -0.478 e. The van der Waals surface area contributed by atoms with E-state index in [0.717, 1.165) is 3.57 Å². The molecule has 0 saturated heterocycles. The fraction of sp³-hybridized carbons (Fsp3) is 0.143. The van der Waals surface area contributed by atoms with Crippen molar-refractivity contribution in [2.75, 3.05) is 5.32 Å². The van der Waals surface area contributed by atoms with Gasteiger partial charge in [0.05, 0.1) is 12.2 Å². The first kappa shape index (κ1) is 15.4. The number of anilines is 1. The molecular formula is C14H13IN2O4. The van der Waals surface area contributed by atoms with Crippen LogP contribution in [0.15, 0.2) is 34.7 Å². The molecule has 0 atom stereocenters. The van der Waals surface area contributed by atoms with E-state index in [9.17, 15) is 9.59 Å². The highest BCUT2D eigenvalue weighted by atomic mass is 127. The fourth-order valence-corrected chi connectivity index (χ4v) is 2.26. The number of nitrogens with one attached hydrogen (secondary N) is 2. The van der Waals surface area contributed by atoms with Crippen LogP contribution in [0.25, 0.3) is 0 Å². The number of hydrogen-bond donors (Lipinski definition) is 3. The first-order valence-electron chi connectivity index (χ1n) is 6.09. The summed E-state index contributed by atoms with van der Waals surface area (Å²) in [4.78, 5) is 22.7. The van der Waals surface area contributed by atoms with Gasteiger partial charge in [-0.25, -0.2) is 9.59 Å². The highest BCUT2D eigenvalue weighted by molar-refractivity contribution is 14.1. The molecule has 0 spiro atoms. The normalized spacial score (nSPS) is 10.2. The van der Waals surface area contributed by atoms with Crippen LogP contribution in [-0.4, -0.2) is 17.1 Å². The molecule has 2 amide bonds. The number of urea groups is 1. The maximum Gasteiger partial charge on any atom is 0.339 e. The van der Waals surface area contributed by atoms with Crippen LogP contribution in [-0.2, 0) is 6.54 Å². The third kappa shape index (κ3) is 3.97. The second-order valence-electron chi connectivity index (χ2n) is 4.28. The van der Waals surface area contributed by atoms with Crippen LogP contribution in [0.4, 0.5) is 10.5 Å². The Balaban J connectivity index is 1.94. The third-order valence-corrected chi connectivity index (χ3v) is 3.69. The minimum atomic E-state index is -1.05. The van der Waals surface area contributed by atoms with Crippen molar-refractivity contribution in [2.24, 2.45) is 0 Å². The third-order valence-electron chi connectivity index (χ3n) is 2.74. The molecule has 21 heavy (non-hydrogen) atoms. The van der Waals surface area contributed by atoms with E-state index in [1.807, 2.05) is 18.2 Å². The number of carbonyl (C=O) groups is 2. The Morgan fingerprint density at radius 3 is 2.67 bits per heavy atom. The van der Waals surface area contributed by atoms with Crippen molar-refractivity contribution in [1.29, 1.82) is 0 Å². The molecule has 0 aliphatic rings. The van der Waals surface area contributed by atoms with Crippen LogP contribution in [0.3, 0.4) is 0 Å². The fourth-order valence-electron chi connectivity index (χ4n) is 1.74. The van der Waals surface area contributed by atoms with Gasteiger partial charge in [0, 0.05) is 3.57 Å². The van der Waals surface area contributed by atoms with Crippen molar-refractivity contribution in [2.45, 2.75) is 13.5 Å². The number of benzene rings is 1. The number of aryl methyl sites for hydroxylation is 1. The van der Waals surface area contributed by atoms with Gasteiger partial charge in [-0.05, 0) is 47.7 Å². The molecule has 1 aromatic heterocycles. The summed E-state index contributed by atoms with van der Waals surface area (Å²) < 4.78 is 6.20. The van der Waals surface area contributed by atoms with Crippen molar-refractivity contribution in [3.63, 3.8) is 0 Å². The molecule has 0 aliphatic carbocycles. The molecule has 7 heteroatoms. The Bertz CT molecular complexity index is 681. The lowest BCUT2D eigenvalue weighted by atomic mass is 10.2. The van der Waals surface area contributed by atoms with Gasteiger partial charge in [-0.3, -0.25) is 0 Å². The molecule has 0 bridgehead atoms. The maximum atomic E-state index is 11.8. The van der Waals surface area contributed by atoms with E-state index >= 15 is 0 Å². The van der Waals surface area contributed by atoms with E-state index in [4.69, 9.17) is 9.52 Å². The molecule has 110 valence electrons. The van der Waals surface area contributed by atoms with Crippen molar-refractivity contribution < 1.29 is 19.1 Å². The molecule has 0 radical (unpaired) electrons. The summed E-state index contributed by atoms with van der Waals surface area (Å²) in [6.45, 7) is 1.68. The van der Waals surface area contributed by atoms with Crippen LogP contribution in [0, 0.1) is 10.5 Å². The summed E-state index contributed by atoms with van der Waals surface area (Å²) in [6, 6.07) is 8.40. The predicted molar refractivity (Wildman–Crippen MR) is 85.4 cm³/mol.